The van der Waals surface area contributed by atoms with Gasteiger partial charge in [-0.05, 0) is 25.8 Å². The van der Waals surface area contributed by atoms with Crippen LogP contribution in [0, 0.1) is 0 Å². The largest absolute Gasteiger partial charge is 0.385 e. The summed E-state index contributed by atoms with van der Waals surface area (Å²) in [6.45, 7) is 3.86. The molecule has 17 heavy (non-hydrogen) atoms. The maximum atomic E-state index is 10.4. The Labute approximate surface area is 107 Å². The third kappa shape index (κ3) is 2.81. The zero-order valence-corrected chi connectivity index (χ0v) is 11.0. The summed E-state index contributed by atoms with van der Waals surface area (Å²) in [6, 6.07) is 0.105. The number of aryl methyl sites for hydroxylation is 1. The molecule has 0 saturated carbocycles. The van der Waals surface area contributed by atoms with Crippen LogP contribution < -0.4 is 5.32 Å². The molecule has 5 heteroatoms. The molecule has 0 aliphatic carbocycles. The summed E-state index contributed by atoms with van der Waals surface area (Å²) in [5, 5.41) is 18.6. The van der Waals surface area contributed by atoms with Crippen LogP contribution in [0.15, 0.2) is 6.20 Å². The van der Waals surface area contributed by atoms with E-state index in [0.717, 1.165) is 38.0 Å². The minimum absolute atomic E-state index is 0.105. The van der Waals surface area contributed by atoms with E-state index in [0.29, 0.717) is 5.02 Å². The molecule has 1 aliphatic rings. The Kier molecular flexibility index (Phi) is 4.42. The van der Waals surface area contributed by atoms with Crippen molar-refractivity contribution in [1.29, 1.82) is 0 Å². The fourth-order valence-electron chi connectivity index (χ4n) is 2.39. The van der Waals surface area contributed by atoms with Crippen LogP contribution in [-0.2, 0) is 6.54 Å². The van der Waals surface area contributed by atoms with Gasteiger partial charge < -0.3 is 10.4 Å². The second kappa shape index (κ2) is 5.85. The van der Waals surface area contributed by atoms with Crippen LogP contribution in [0.25, 0.3) is 0 Å². The molecule has 0 amide bonds. The van der Waals surface area contributed by atoms with Gasteiger partial charge in [-0.15, -0.1) is 0 Å². The Balaban J connectivity index is 2.16. The highest BCUT2D eigenvalue weighted by Gasteiger charge is 2.27. The molecule has 2 atom stereocenters. The molecule has 1 aliphatic heterocycles. The van der Waals surface area contributed by atoms with Gasteiger partial charge in [-0.1, -0.05) is 24.9 Å². The standard InChI is InChI=1S/C12H20ClN3O/c1-2-7-16-11(9(13)8-15-16)12(17)10-5-3-4-6-14-10/h8,10,12,14,17H,2-7H2,1H3. The van der Waals surface area contributed by atoms with Crippen LogP contribution in [0.5, 0.6) is 0 Å². The number of hydrogen-bond acceptors (Lipinski definition) is 3. The molecule has 4 nitrogen and oxygen atoms in total. The number of hydrogen-bond donors (Lipinski definition) is 2. The molecule has 0 aromatic carbocycles. The molecule has 0 bridgehead atoms. The minimum Gasteiger partial charge on any atom is -0.385 e. The molecule has 2 rings (SSSR count). The first-order valence-electron chi connectivity index (χ1n) is 6.36. The summed E-state index contributed by atoms with van der Waals surface area (Å²) in [6.07, 6.45) is 5.39. The maximum Gasteiger partial charge on any atom is 0.112 e. The summed E-state index contributed by atoms with van der Waals surface area (Å²) in [4.78, 5) is 0. The van der Waals surface area contributed by atoms with Gasteiger partial charge in [0.05, 0.1) is 16.9 Å². The molecule has 1 aromatic heterocycles. The lowest BCUT2D eigenvalue weighted by Gasteiger charge is -2.28. The average molecular weight is 258 g/mol. The molecule has 1 saturated heterocycles. The maximum absolute atomic E-state index is 10.4. The van der Waals surface area contributed by atoms with Crippen LogP contribution in [0.1, 0.15) is 44.4 Å². The molecule has 2 unspecified atom stereocenters. The Morgan fingerprint density at radius 2 is 2.47 bits per heavy atom. The molecular weight excluding hydrogens is 238 g/mol. The van der Waals surface area contributed by atoms with E-state index in [-0.39, 0.29) is 6.04 Å². The van der Waals surface area contributed by atoms with Gasteiger partial charge in [-0.3, -0.25) is 4.68 Å². The van der Waals surface area contributed by atoms with Gasteiger partial charge in [-0.25, -0.2) is 0 Å². The number of aromatic nitrogens is 2. The van der Waals surface area contributed by atoms with Gasteiger partial charge in [0, 0.05) is 12.6 Å². The molecule has 96 valence electrons. The van der Waals surface area contributed by atoms with Crippen molar-refractivity contribution >= 4 is 11.6 Å². The minimum atomic E-state index is -0.558. The molecule has 2 heterocycles. The van der Waals surface area contributed by atoms with Gasteiger partial charge >= 0.3 is 0 Å². The van der Waals surface area contributed by atoms with Crippen molar-refractivity contribution in [3.05, 3.63) is 16.9 Å². The smallest absolute Gasteiger partial charge is 0.112 e. The SMILES string of the molecule is CCCn1ncc(Cl)c1C(O)C1CCCCN1. The lowest BCUT2D eigenvalue weighted by atomic mass is 9.98. The van der Waals surface area contributed by atoms with Crippen molar-refractivity contribution in [3.8, 4) is 0 Å². The van der Waals surface area contributed by atoms with E-state index in [9.17, 15) is 5.11 Å². The number of nitrogens with zero attached hydrogens (tertiary/aromatic N) is 2. The van der Waals surface area contributed by atoms with Crippen molar-refractivity contribution in [1.82, 2.24) is 15.1 Å². The second-order valence-corrected chi connectivity index (χ2v) is 5.01. The van der Waals surface area contributed by atoms with Gasteiger partial charge in [0.25, 0.3) is 0 Å². The third-order valence-corrected chi connectivity index (χ3v) is 3.57. The molecule has 2 N–H and O–H groups in total. The highest BCUT2D eigenvalue weighted by molar-refractivity contribution is 6.31. The summed E-state index contributed by atoms with van der Waals surface area (Å²) in [5.74, 6) is 0. The third-order valence-electron chi connectivity index (χ3n) is 3.28. The van der Waals surface area contributed by atoms with E-state index in [4.69, 9.17) is 11.6 Å². The number of aliphatic hydroxyl groups excluding tert-OH is 1. The molecular formula is C12H20ClN3O. The van der Waals surface area contributed by atoms with Crippen LogP contribution in [-0.4, -0.2) is 27.5 Å². The zero-order valence-electron chi connectivity index (χ0n) is 10.2. The summed E-state index contributed by atoms with van der Waals surface area (Å²) in [7, 11) is 0. The zero-order chi connectivity index (χ0) is 12.3. The monoisotopic (exact) mass is 257 g/mol. The predicted octanol–water partition coefficient (Wildman–Crippen LogP) is 2.12. The Morgan fingerprint density at radius 3 is 3.12 bits per heavy atom. The molecule has 1 fully saturated rings. The lowest BCUT2D eigenvalue weighted by molar-refractivity contribution is 0.105. The fourth-order valence-corrected chi connectivity index (χ4v) is 2.65. The van der Waals surface area contributed by atoms with Crippen molar-refractivity contribution < 1.29 is 5.11 Å². The first-order chi connectivity index (χ1) is 8.24. The second-order valence-electron chi connectivity index (χ2n) is 4.60. The first kappa shape index (κ1) is 12.9. The van der Waals surface area contributed by atoms with Crippen molar-refractivity contribution in [3.63, 3.8) is 0 Å². The first-order valence-corrected chi connectivity index (χ1v) is 6.74. The van der Waals surface area contributed by atoms with E-state index in [1.807, 2.05) is 4.68 Å². The summed E-state index contributed by atoms with van der Waals surface area (Å²) >= 11 is 6.12. The van der Waals surface area contributed by atoms with Crippen molar-refractivity contribution in [2.24, 2.45) is 0 Å². The molecule has 0 spiro atoms. The van der Waals surface area contributed by atoms with Gasteiger partial charge in [-0.2, -0.15) is 5.10 Å². The van der Waals surface area contributed by atoms with Gasteiger partial charge in [0.2, 0.25) is 0 Å². The van der Waals surface area contributed by atoms with Crippen LogP contribution >= 0.6 is 11.6 Å². The van der Waals surface area contributed by atoms with Gasteiger partial charge in [0.15, 0.2) is 0 Å². The number of nitrogens with one attached hydrogen (secondary N) is 1. The normalized spacial score (nSPS) is 22.6. The average Bonchev–Trinajstić information content (AvgIpc) is 2.71. The summed E-state index contributed by atoms with van der Waals surface area (Å²) in [5.41, 5.74) is 0.757. The van der Waals surface area contributed by atoms with E-state index < -0.39 is 6.10 Å². The number of halogens is 1. The van der Waals surface area contributed by atoms with Crippen LogP contribution in [0.4, 0.5) is 0 Å². The fraction of sp³-hybridized carbons (Fsp3) is 0.750. The number of rotatable bonds is 4. The van der Waals surface area contributed by atoms with E-state index >= 15 is 0 Å². The van der Waals surface area contributed by atoms with Crippen LogP contribution in [0.2, 0.25) is 5.02 Å². The number of aliphatic hydroxyl groups is 1. The Morgan fingerprint density at radius 1 is 1.65 bits per heavy atom. The van der Waals surface area contributed by atoms with Crippen LogP contribution in [0.3, 0.4) is 0 Å². The Bertz CT molecular complexity index is 361. The van der Waals surface area contributed by atoms with E-state index in [1.54, 1.807) is 6.20 Å². The van der Waals surface area contributed by atoms with Gasteiger partial charge in [0.1, 0.15) is 6.10 Å². The predicted molar refractivity (Wildman–Crippen MR) is 68.1 cm³/mol. The highest BCUT2D eigenvalue weighted by Crippen LogP contribution is 2.28. The Hall–Kier alpha value is -0.580. The highest BCUT2D eigenvalue weighted by atomic mass is 35.5. The van der Waals surface area contributed by atoms with Crippen molar-refractivity contribution in [2.75, 3.05) is 6.54 Å². The van der Waals surface area contributed by atoms with Crippen molar-refractivity contribution in [2.45, 2.75) is 51.3 Å². The topological polar surface area (TPSA) is 50.1 Å². The van der Waals surface area contributed by atoms with E-state index in [2.05, 4.69) is 17.3 Å². The summed E-state index contributed by atoms with van der Waals surface area (Å²) < 4.78 is 1.82. The lowest BCUT2D eigenvalue weighted by Crippen LogP contribution is -2.39. The molecule has 0 radical (unpaired) electrons. The molecule has 1 aromatic rings. The number of piperidine rings is 1. The van der Waals surface area contributed by atoms with E-state index in [1.165, 1.54) is 6.42 Å². The quantitative estimate of drug-likeness (QED) is 0.869.